The molecular formula is C23H20N6O4S. The number of carbonyl (C=O) groups excluding carboxylic acids is 2. The van der Waals surface area contributed by atoms with Gasteiger partial charge in [-0.2, -0.15) is 8.42 Å². The van der Waals surface area contributed by atoms with E-state index in [0.717, 1.165) is 0 Å². The molecule has 1 fully saturated rings. The predicted octanol–water partition coefficient (Wildman–Crippen LogP) is 1.96. The number of hydrogen-bond donors (Lipinski definition) is 2. The summed E-state index contributed by atoms with van der Waals surface area (Å²) >= 11 is 0. The number of amides is 2. The zero-order valence-electron chi connectivity index (χ0n) is 17.7. The van der Waals surface area contributed by atoms with E-state index in [9.17, 15) is 18.0 Å². The van der Waals surface area contributed by atoms with Crippen LogP contribution in [0.15, 0.2) is 99.2 Å². The third-order valence-corrected chi connectivity index (χ3v) is 6.20. The average Bonchev–Trinajstić information content (AvgIpc) is 3.07. The first kappa shape index (κ1) is 22.7. The lowest BCUT2D eigenvalue weighted by Crippen LogP contribution is -2.41. The summed E-state index contributed by atoms with van der Waals surface area (Å²) in [5, 5.41) is 2.64. The minimum atomic E-state index is -4.04. The van der Waals surface area contributed by atoms with Crippen molar-refractivity contribution in [3.63, 3.8) is 0 Å². The van der Waals surface area contributed by atoms with E-state index >= 15 is 0 Å². The topological polar surface area (TPSA) is 152 Å². The first-order chi connectivity index (χ1) is 16.3. The summed E-state index contributed by atoms with van der Waals surface area (Å²) < 4.78 is 27.3. The predicted molar refractivity (Wildman–Crippen MR) is 129 cm³/mol. The van der Waals surface area contributed by atoms with Gasteiger partial charge in [-0.15, -0.1) is 4.40 Å². The van der Waals surface area contributed by atoms with Crippen LogP contribution in [0, 0.1) is 5.92 Å². The minimum absolute atomic E-state index is 0.127. The summed E-state index contributed by atoms with van der Waals surface area (Å²) in [5.74, 6) is -2.66. The molecule has 2 amide bonds. The molecule has 34 heavy (non-hydrogen) atoms. The fourth-order valence-corrected chi connectivity index (χ4v) is 4.24. The van der Waals surface area contributed by atoms with Crippen molar-refractivity contribution in [3.05, 3.63) is 84.9 Å². The van der Waals surface area contributed by atoms with Gasteiger partial charge >= 0.3 is 0 Å². The van der Waals surface area contributed by atoms with Gasteiger partial charge in [0.25, 0.3) is 21.8 Å². The van der Waals surface area contributed by atoms with Gasteiger partial charge in [-0.25, -0.2) is 10.0 Å². The van der Waals surface area contributed by atoms with Gasteiger partial charge in [-0.3, -0.25) is 14.6 Å². The number of benzene rings is 3. The number of sulfonamides is 1. The summed E-state index contributed by atoms with van der Waals surface area (Å²) in [6, 6.07) is 23.0. The van der Waals surface area contributed by atoms with Crippen molar-refractivity contribution >= 4 is 51.1 Å². The van der Waals surface area contributed by atoms with Crippen molar-refractivity contribution in [2.24, 2.45) is 26.8 Å². The summed E-state index contributed by atoms with van der Waals surface area (Å²) in [5.41, 5.74) is 11.7. The van der Waals surface area contributed by atoms with E-state index in [4.69, 9.17) is 11.5 Å². The number of nitrogens with zero attached hydrogens (tertiary/aromatic N) is 4. The molecule has 1 aliphatic heterocycles. The second kappa shape index (κ2) is 9.16. The van der Waals surface area contributed by atoms with Crippen LogP contribution in [0.4, 0.5) is 17.1 Å². The Hall–Kier alpha value is -4.51. The highest BCUT2D eigenvalue weighted by molar-refractivity contribution is 7.90. The third kappa shape index (κ3) is 4.50. The lowest BCUT2D eigenvalue weighted by atomic mass is 10.1. The van der Waals surface area contributed by atoms with Crippen LogP contribution in [0.3, 0.4) is 0 Å². The number of carbonyl (C=O) groups is 2. The molecule has 3 aromatic rings. The zero-order chi connectivity index (χ0) is 24.3. The molecule has 1 saturated heterocycles. The van der Waals surface area contributed by atoms with Crippen LogP contribution in [-0.2, 0) is 19.6 Å². The Morgan fingerprint density at radius 1 is 0.765 bits per heavy atom. The second-order valence-corrected chi connectivity index (χ2v) is 8.82. The van der Waals surface area contributed by atoms with E-state index in [2.05, 4.69) is 9.39 Å². The molecule has 0 bridgehead atoms. The highest BCUT2D eigenvalue weighted by Gasteiger charge is 2.46. The highest BCUT2D eigenvalue weighted by atomic mass is 32.2. The Labute approximate surface area is 195 Å². The lowest BCUT2D eigenvalue weighted by molar-refractivity contribution is -0.124. The van der Waals surface area contributed by atoms with E-state index in [-0.39, 0.29) is 4.90 Å². The first-order valence-corrected chi connectivity index (χ1v) is 11.5. The number of aliphatic imine (C=N–C) groups is 1. The first-order valence-electron chi connectivity index (χ1n) is 10.1. The summed E-state index contributed by atoms with van der Waals surface area (Å²) in [4.78, 5) is 30.6. The number of guanidine groups is 1. The molecule has 0 aromatic heterocycles. The van der Waals surface area contributed by atoms with Crippen molar-refractivity contribution in [2.45, 2.75) is 4.90 Å². The van der Waals surface area contributed by atoms with Gasteiger partial charge in [-0.1, -0.05) is 36.4 Å². The van der Waals surface area contributed by atoms with Crippen molar-refractivity contribution in [1.29, 1.82) is 0 Å². The SMILES string of the molecule is NC(N)=NS(=O)(=O)c1ccc(N=CC2C(=O)N(c3ccccc3)N(c3ccccc3)C2=O)cc1. The molecule has 4 N–H and O–H groups in total. The van der Waals surface area contributed by atoms with Crippen molar-refractivity contribution in [3.8, 4) is 0 Å². The monoisotopic (exact) mass is 476 g/mol. The van der Waals surface area contributed by atoms with Crippen LogP contribution in [0.2, 0.25) is 0 Å². The summed E-state index contributed by atoms with van der Waals surface area (Å²) in [7, 11) is -4.04. The molecule has 1 heterocycles. The normalized spacial score (nSPS) is 14.7. The molecule has 11 heteroatoms. The molecule has 172 valence electrons. The molecule has 0 saturated carbocycles. The number of rotatable bonds is 6. The van der Waals surface area contributed by atoms with Gasteiger partial charge in [0.1, 0.15) is 0 Å². The smallest absolute Gasteiger partial charge is 0.285 e. The number of anilines is 2. The van der Waals surface area contributed by atoms with E-state index in [0.29, 0.717) is 17.1 Å². The van der Waals surface area contributed by atoms with Crippen LogP contribution in [0.5, 0.6) is 0 Å². The van der Waals surface area contributed by atoms with Crippen LogP contribution in [0.25, 0.3) is 0 Å². The van der Waals surface area contributed by atoms with Crippen LogP contribution in [-0.4, -0.2) is 32.4 Å². The van der Waals surface area contributed by atoms with Crippen molar-refractivity contribution in [1.82, 2.24) is 0 Å². The fraction of sp³-hybridized carbons (Fsp3) is 0.0435. The van der Waals surface area contributed by atoms with E-state index < -0.39 is 33.7 Å². The molecular weight excluding hydrogens is 456 g/mol. The molecule has 0 radical (unpaired) electrons. The summed E-state index contributed by atoms with van der Waals surface area (Å²) in [6.07, 6.45) is 1.25. The molecule has 0 atom stereocenters. The van der Waals surface area contributed by atoms with Gasteiger partial charge in [-0.05, 0) is 48.5 Å². The number of nitrogens with two attached hydrogens (primary N) is 2. The highest BCUT2D eigenvalue weighted by Crippen LogP contribution is 2.31. The van der Waals surface area contributed by atoms with Crippen LogP contribution in [0.1, 0.15) is 0 Å². The van der Waals surface area contributed by atoms with Gasteiger partial charge in [0.2, 0.25) is 5.96 Å². The molecule has 3 aromatic carbocycles. The lowest BCUT2D eigenvalue weighted by Gasteiger charge is -2.27. The molecule has 0 spiro atoms. The maximum absolute atomic E-state index is 13.3. The Bertz CT molecular complexity index is 1310. The Morgan fingerprint density at radius 3 is 1.68 bits per heavy atom. The Balaban J connectivity index is 1.64. The minimum Gasteiger partial charge on any atom is -0.369 e. The number of hydrazine groups is 1. The van der Waals surface area contributed by atoms with Gasteiger partial charge in [0.15, 0.2) is 5.92 Å². The van der Waals surface area contributed by atoms with Crippen molar-refractivity contribution < 1.29 is 18.0 Å². The maximum Gasteiger partial charge on any atom is 0.285 e. The zero-order valence-corrected chi connectivity index (χ0v) is 18.5. The maximum atomic E-state index is 13.3. The number of para-hydroxylation sites is 2. The number of hydrogen-bond acceptors (Lipinski definition) is 5. The van der Waals surface area contributed by atoms with E-state index in [1.54, 1.807) is 48.5 Å². The largest absolute Gasteiger partial charge is 0.369 e. The Morgan fingerprint density at radius 2 is 1.24 bits per heavy atom. The fourth-order valence-electron chi connectivity index (χ4n) is 3.37. The quantitative estimate of drug-likeness (QED) is 0.315. The van der Waals surface area contributed by atoms with Gasteiger partial charge < -0.3 is 11.5 Å². The molecule has 1 aliphatic rings. The van der Waals surface area contributed by atoms with E-state index in [1.807, 2.05) is 12.1 Å². The molecule has 10 nitrogen and oxygen atoms in total. The van der Waals surface area contributed by atoms with E-state index in [1.165, 1.54) is 40.5 Å². The third-order valence-electron chi connectivity index (χ3n) is 4.88. The van der Waals surface area contributed by atoms with Gasteiger partial charge in [0.05, 0.1) is 22.0 Å². The second-order valence-electron chi connectivity index (χ2n) is 7.21. The van der Waals surface area contributed by atoms with Gasteiger partial charge in [0, 0.05) is 6.21 Å². The molecule has 4 rings (SSSR count). The Kier molecular flexibility index (Phi) is 6.11. The molecule has 0 unspecified atom stereocenters. The van der Waals surface area contributed by atoms with Crippen LogP contribution < -0.4 is 21.5 Å². The van der Waals surface area contributed by atoms with Crippen LogP contribution >= 0.6 is 0 Å². The molecule has 0 aliphatic carbocycles. The standard InChI is InChI=1S/C23H20N6O4S/c24-23(25)27-34(32,33)19-13-11-16(12-14-19)26-15-20-21(30)28(17-7-3-1-4-8-17)29(22(20)31)18-9-5-2-6-10-18/h1-15,20H,(H4,24,25,27). The van der Waals surface area contributed by atoms with Crippen molar-refractivity contribution in [2.75, 3.05) is 10.0 Å². The summed E-state index contributed by atoms with van der Waals surface area (Å²) in [6.45, 7) is 0. The average molecular weight is 477 g/mol.